The Morgan fingerprint density at radius 1 is 0.512 bits per heavy atom. The van der Waals surface area contributed by atoms with E-state index >= 15 is 0 Å². The quantitative estimate of drug-likeness (QED) is 0.330. The summed E-state index contributed by atoms with van der Waals surface area (Å²) in [5.41, 5.74) is 0.132. The zero-order valence-corrected chi connectivity index (χ0v) is 30.0. The predicted octanol–water partition coefficient (Wildman–Crippen LogP) is 10.2. The first-order valence-electron chi connectivity index (χ1n) is 17.6. The fourth-order valence-corrected chi connectivity index (χ4v) is 6.87. The third-order valence-corrected chi connectivity index (χ3v) is 10.0. The van der Waals surface area contributed by atoms with Crippen molar-refractivity contribution in [3.8, 4) is 0 Å². The smallest absolute Gasteiger partial charge is 0.0629 e. The van der Waals surface area contributed by atoms with Gasteiger partial charge < -0.3 is 18.9 Å². The van der Waals surface area contributed by atoms with Gasteiger partial charge in [0.25, 0.3) is 0 Å². The van der Waals surface area contributed by atoms with Crippen molar-refractivity contribution in [3.63, 3.8) is 0 Å². The Labute approximate surface area is 257 Å². The van der Waals surface area contributed by atoms with Crippen LogP contribution in [0.4, 0.5) is 0 Å². The molecule has 0 aromatic rings. The minimum absolute atomic E-state index is 0.132. The lowest BCUT2D eigenvalue weighted by atomic mass is 9.81. The van der Waals surface area contributed by atoms with E-state index < -0.39 is 0 Å². The normalized spacial score (nSPS) is 32.4. The highest BCUT2D eigenvalue weighted by Gasteiger charge is 2.30. The van der Waals surface area contributed by atoms with Gasteiger partial charge in [0.2, 0.25) is 0 Å². The highest BCUT2D eigenvalue weighted by atomic mass is 16.5. The molecule has 4 aliphatic heterocycles. The topological polar surface area (TPSA) is 36.9 Å². The van der Waals surface area contributed by atoms with Gasteiger partial charge in [-0.3, -0.25) is 0 Å². The van der Waals surface area contributed by atoms with E-state index in [9.17, 15) is 0 Å². The van der Waals surface area contributed by atoms with E-state index in [0.29, 0.717) is 18.3 Å². The second-order valence-electron chi connectivity index (χ2n) is 15.7. The Hall–Kier alpha value is -0.160. The van der Waals surface area contributed by atoms with E-state index in [1.807, 2.05) is 0 Å². The fourth-order valence-electron chi connectivity index (χ4n) is 6.87. The molecule has 41 heavy (non-hydrogen) atoms. The molecule has 4 saturated heterocycles. The van der Waals surface area contributed by atoms with Crippen molar-refractivity contribution < 1.29 is 18.9 Å². The molecule has 0 aromatic carbocycles. The fraction of sp³-hybridized carbons (Fsp3) is 1.00. The lowest BCUT2D eigenvalue weighted by molar-refractivity contribution is -0.0799. The zero-order valence-electron chi connectivity index (χ0n) is 30.0. The van der Waals surface area contributed by atoms with E-state index in [-0.39, 0.29) is 5.60 Å². The van der Waals surface area contributed by atoms with Crippen LogP contribution in [0.25, 0.3) is 0 Å². The van der Waals surface area contributed by atoms with Gasteiger partial charge in [-0.25, -0.2) is 0 Å². The first-order chi connectivity index (χ1) is 19.1. The van der Waals surface area contributed by atoms with Crippen molar-refractivity contribution in [1.82, 2.24) is 0 Å². The maximum Gasteiger partial charge on any atom is 0.0629 e. The lowest BCUT2D eigenvalue weighted by Crippen LogP contribution is -2.35. The lowest BCUT2D eigenvalue weighted by Gasteiger charge is -2.37. The monoisotopic (exact) mass is 583 g/mol. The Kier molecular flexibility index (Phi) is 18.9. The molecular weight excluding hydrogens is 508 g/mol. The summed E-state index contributed by atoms with van der Waals surface area (Å²) in [5, 5.41) is 0. The van der Waals surface area contributed by atoms with E-state index in [1.54, 1.807) is 0 Å². The molecule has 0 amide bonds. The van der Waals surface area contributed by atoms with Gasteiger partial charge in [0.15, 0.2) is 0 Å². The van der Waals surface area contributed by atoms with Crippen molar-refractivity contribution in [3.05, 3.63) is 0 Å². The Morgan fingerprint density at radius 2 is 0.951 bits per heavy atom. The standard InChI is InChI=1S/2C10H20O.C9H18O.C8H16O/c1-7(2)10-5-8(3)11-9(4)6-10;1-8(2)9-5-6-11-10(3,4)7-9;1-7(2)9-4-5-10-8(3)6-9;1-7(2)8-3-5-9-6-4-8/h7-10H,5-6H2,1-4H3;8-9H,5-7H2,1-4H3;7-9H,4-6H2,1-3H3;7-8H,3-6H2,1-2H3. The van der Waals surface area contributed by atoms with Gasteiger partial charge in [0, 0.05) is 26.4 Å². The van der Waals surface area contributed by atoms with Gasteiger partial charge in [-0.2, -0.15) is 0 Å². The number of ether oxygens (including phenoxy) is 4. The molecule has 4 heteroatoms. The van der Waals surface area contributed by atoms with Crippen molar-refractivity contribution in [2.24, 2.45) is 47.3 Å². The van der Waals surface area contributed by atoms with E-state index in [1.165, 1.54) is 51.4 Å². The minimum atomic E-state index is 0.132. The first-order valence-corrected chi connectivity index (χ1v) is 17.6. The van der Waals surface area contributed by atoms with Crippen molar-refractivity contribution in [2.75, 3.05) is 26.4 Å². The molecule has 0 radical (unpaired) electrons. The van der Waals surface area contributed by atoms with Crippen molar-refractivity contribution in [2.45, 2.75) is 165 Å². The molecule has 246 valence electrons. The van der Waals surface area contributed by atoms with Crippen molar-refractivity contribution >= 4 is 0 Å². The van der Waals surface area contributed by atoms with Crippen LogP contribution in [0.15, 0.2) is 0 Å². The minimum Gasteiger partial charge on any atom is -0.381 e. The SMILES string of the molecule is CC(C)C1CCOC(C)(C)C1.CC(C)C1CCOCC1.CC1CC(C(C)C)CC(C)O1.CC1CC(C(C)C)CCO1. The summed E-state index contributed by atoms with van der Waals surface area (Å²) in [6.07, 6.45) is 11.5. The van der Waals surface area contributed by atoms with Gasteiger partial charge in [-0.1, -0.05) is 55.4 Å². The average Bonchev–Trinajstić information content (AvgIpc) is 2.89. The Bertz CT molecular complexity index is 621. The Morgan fingerprint density at radius 3 is 1.32 bits per heavy atom. The van der Waals surface area contributed by atoms with Crippen LogP contribution in [0, 0.1) is 47.3 Å². The molecule has 0 N–H and O–H groups in total. The van der Waals surface area contributed by atoms with Gasteiger partial charge in [0.1, 0.15) is 0 Å². The average molecular weight is 583 g/mol. The summed E-state index contributed by atoms with van der Waals surface area (Å²) in [7, 11) is 0. The van der Waals surface area contributed by atoms with Crippen LogP contribution in [0.2, 0.25) is 0 Å². The van der Waals surface area contributed by atoms with Gasteiger partial charge in [-0.05, 0) is 133 Å². The molecule has 0 aromatic heterocycles. The van der Waals surface area contributed by atoms with Crippen LogP contribution in [0.5, 0.6) is 0 Å². The second kappa shape index (κ2) is 20.0. The highest BCUT2D eigenvalue weighted by Crippen LogP contribution is 2.33. The van der Waals surface area contributed by atoms with Crippen molar-refractivity contribution in [1.29, 1.82) is 0 Å². The van der Waals surface area contributed by atoms with E-state index in [4.69, 9.17) is 18.9 Å². The molecular formula is C37H74O4. The summed E-state index contributed by atoms with van der Waals surface area (Å²) in [6, 6.07) is 0. The van der Waals surface area contributed by atoms with Crippen LogP contribution in [-0.4, -0.2) is 50.3 Å². The molecule has 0 bridgehead atoms. The molecule has 5 atom stereocenters. The summed E-state index contributed by atoms with van der Waals surface area (Å²) in [5.74, 6) is 6.93. The molecule has 4 rings (SSSR count). The van der Waals surface area contributed by atoms with Crippen LogP contribution in [0.1, 0.15) is 141 Å². The third kappa shape index (κ3) is 17.1. The molecule has 4 aliphatic rings. The predicted molar refractivity (Wildman–Crippen MR) is 177 cm³/mol. The molecule has 5 unspecified atom stereocenters. The molecule has 4 heterocycles. The van der Waals surface area contributed by atoms with Crippen LogP contribution in [0.3, 0.4) is 0 Å². The van der Waals surface area contributed by atoms with Gasteiger partial charge in [0.05, 0.1) is 23.9 Å². The summed E-state index contributed by atoms with van der Waals surface area (Å²) in [4.78, 5) is 0. The van der Waals surface area contributed by atoms with Crippen LogP contribution < -0.4 is 0 Å². The molecule has 0 aliphatic carbocycles. The number of rotatable bonds is 4. The van der Waals surface area contributed by atoms with E-state index in [0.717, 1.165) is 73.8 Å². The highest BCUT2D eigenvalue weighted by molar-refractivity contribution is 4.80. The molecule has 0 spiro atoms. The summed E-state index contributed by atoms with van der Waals surface area (Å²) >= 11 is 0. The third-order valence-electron chi connectivity index (χ3n) is 10.0. The molecule has 4 nitrogen and oxygen atoms in total. The van der Waals surface area contributed by atoms with E-state index in [2.05, 4.69) is 90.0 Å². The largest absolute Gasteiger partial charge is 0.381 e. The van der Waals surface area contributed by atoms with Gasteiger partial charge >= 0.3 is 0 Å². The van der Waals surface area contributed by atoms with Crippen LogP contribution in [-0.2, 0) is 18.9 Å². The van der Waals surface area contributed by atoms with Crippen LogP contribution >= 0.6 is 0 Å². The maximum absolute atomic E-state index is 5.67. The molecule has 4 fully saturated rings. The number of hydrogen-bond donors (Lipinski definition) is 0. The Balaban J connectivity index is 0.000000274. The summed E-state index contributed by atoms with van der Waals surface area (Å²) < 4.78 is 22.0. The molecule has 0 saturated carbocycles. The maximum atomic E-state index is 5.67. The first kappa shape index (κ1) is 38.9. The second-order valence-corrected chi connectivity index (χ2v) is 15.7. The van der Waals surface area contributed by atoms with Gasteiger partial charge in [-0.15, -0.1) is 0 Å². The number of hydrogen-bond acceptors (Lipinski definition) is 4. The zero-order chi connectivity index (χ0) is 31.2. The summed E-state index contributed by atoms with van der Waals surface area (Å²) in [6.45, 7) is 33.3.